The maximum absolute atomic E-state index is 12.1. The van der Waals surface area contributed by atoms with Crippen LogP contribution in [-0.2, 0) is 4.79 Å². The van der Waals surface area contributed by atoms with Crippen molar-refractivity contribution in [1.29, 1.82) is 5.26 Å². The van der Waals surface area contributed by atoms with Crippen molar-refractivity contribution in [2.45, 2.75) is 13.8 Å². The molecule has 0 atom stereocenters. The van der Waals surface area contributed by atoms with Crippen LogP contribution >= 0.6 is 11.6 Å². The van der Waals surface area contributed by atoms with Gasteiger partial charge in [0.2, 0.25) is 5.91 Å². The van der Waals surface area contributed by atoms with Crippen LogP contribution in [0.3, 0.4) is 0 Å². The Morgan fingerprint density at radius 2 is 2.11 bits per heavy atom. The highest BCUT2D eigenvalue weighted by Gasteiger charge is 2.31. The van der Waals surface area contributed by atoms with Crippen LogP contribution in [0.25, 0.3) is 0 Å². The summed E-state index contributed by atoms with van der Waals surface area (Å²) >= 11 is 6.00. The monoisotopic (exact) mass is 266 g/mol. The largest absolute Gasteiger partial charge is 0.495 e. The van der Waals surface area contributed by atoms with E-state index in [0.717, 1.165) is 0 Å². The molecule has 0 heterocycles. The molecule has 0 saturated carbocycles. The quantitative estimate of drug-likeness (QED) is 0.845. The molecule has 1 aromatic rings. The first-order valence-corrected chi connectivity index (χ1v) is 5.74. The number of nitriles is 1. The van der Waals surface area contributed by atoms with Crippen molar-refractivity contribution in [2.75, 3.05) is 19.1 Å². The first-order chi connectivity index (χ1) is 8.33. The number of nitrogens with zero attached hydrogens (tertiary/aromatic N) is 2. The third-order valence-electron chi connectivity index (χ3n) is 2.64. The van der Waals surface area contributed by atoms with E-state index in [0.29, 0.717) is 16.5 Å². The Balaban J connectivity index is 3.06. The summed E-state index contributed by atoms with van der Waals surface area (Å²) in [6.45, 7) is 3.16. The fourth-order valence-electron chi connectivity index (χ4n) is 1.45. The Hall–Kier alpha value is -1.73. The van der Waals surface area contributed by atoms with Crippen LogP contribution < -0.4 is 9.64 Å². The topological polar surface area (TPSA) is 53.3 Å². The van der Waals surface area contributed by atoms with Gasteiger partial charge in [-0.05, 0) is 32.0 Å². The third-order valence-corrected chi connectivity index (χ3v) is 2.94. The predicted octanol–water partition coefficient (Wildman–Crippen LogP) is 2.86. The average Bonchev–Trinajstić information content (AvgIpc) is 2.36. The van der Waals surface area contributed by atoms with Crippen LogP contribution in [0.2, 0.25) is 5.02 Å². The Morgan fingerprint density at radius 3 is 2.56 bits per heavy atom. The lowest BCUT2D eigenvalue weighted by Crippen LogP contribution is -2.37. The smallest absolute Gasteiger partial charge is 0.246 e. The van der Waals surface area contributed by atoms with Gasteiger partial charge in [0.1, 0.15) is 11.2 Å². The zero-order valence-corrected chi connectivity index (χ0v) is 11.6. The minimum atomic E-state index is -1.07. The van der Waals surface area contributed by atoms with Crippen molar-refractivity contribution < 1.29 is 9.53 Å². The number of halogens is 1. The van der Waals surface area contributed by atoms with E-state index in [2.05, 4.69) is 0 Å². The highest BCUT2D eigenvalue weighted by molar-refractivity contribution is 6.32. The lowest BCUT2D eigenvalue weighted by atomic mass is 9.94. The molecule has 1 rings (SSSR count). The second-order valence-corrected chi connectivity index (χ2v) is 4.83. The molecule has 1 amide bonds. The standard InChI is InChI=1S/C13H15ClN2O2/c1-13(2,8-15)12(17)16(3)9-5-6-11(18-4)10(14)7-9/h5-7H,1-4H3. The summed E-state index contributed by atoms with van der Waals surface area (Å²) in [4.78, 5) is 13.5. The van der Waals surface area contributed by atoms with Crippen LogP contribution in [0.5, 0.6) is 5.75 Å². The highest BCUT2D eigenvalue weighted by atomic mass is 35.5. The second-order valence-electron chi connectivity index (χ2n) is 4.42. The second kappa shape index (κ2) is 5.28. The number of methoxy groups -OCH3 is 1. The number of amides is 1. The van der Waals surface area contributed by atoms with E-state index >= 15 is 0 Å². The molecule has 18 heavy (non-hydrogen) atoms. The number of hydrogen-bond donors (Lipinski definition) is 0. The lowest BCUT2D eigenvalue weighted by molar-refractivity contribution is -0.123. The van der Waals surface area contributed by atoms with Gasteiger partial charge in [-0.25, -0.2) is 0 Å². The Morgan fingerprint density at radius 1 is 1.50 bits per heavy atom. The molecule has 0 spiro atoms. The molecule has 96 valence electrons. The third kappa shape index (κ3) is 2.74. The van der Waals surface area contributed by atoms with Crippen molar-refractivity contribution in [3.8, 4) is 11.8 Å². The Kier molecular flexibility index (Phi) is 4.20. The zero-order valence-electron chi connectivity index (χ0n) is 10.8. The van der Waals surface area contributed by atoms with E-state index in [1.165, 1.54) is 12.0 Å². The van der Waals surface area contributed by atoms with E-state index in [1.54, 1.807) is 39.1 Å². The zero-order chi connectivity index (χ0) is 13.9. The molecule has 0 aliphatic heterocycles. The number of carbonyl (C=O) groups is 1. The summed E-state index contributed by atoms with van der Waals surface area (Å²) in [6, 6.07) is 7.01. The summed E-state index contributed by atoms with van der Waals surface area (Å²) in [5.74, 6) is 0.257. The van der Waals surface area contributed by atoms with Gasteiger partial charge in [-0.2, -0.15) is 5.26 Å². The van der Waals surface area contributed by atoms with Gasteiger partial charge in [0.15, 0.2) is 0 Å². The van der Waals surface area contributed by atoms with Gasteiger partial charge in [-0.15, -0.1) is 0 Å². The average molecular weight is 267 g/mol. The molecule has 1 aromatic carbocycles. The lowest BCUT2D eigenvalue weighted by Gasteiger charge is -2.24. The van der Waals surface area contributed by atoms with Gasteiger partial charge in [-0.3, -0.25) is 4.79 Å². The van der Waals surface area contributed by atoms with Crippen LogP contribution in [0.15, 0.2) is 18.2 Å². The molecule has 0 bridgehead atoms. The molecule has 0 aliphatic carbocycles. The molecule has 0 fully saturated rings. The highest BCUT2D eigenvalue weighted by Crippen LogP contribution is 2.30. The minimum absolute atomic E-state index is 0.286. The maximum atomic E-state index is 12.1. The summed E-state index contributed by atoms with van der Waals surface area (Å²) in [6.07, 6.45) is 0. The van der Waals surface area contributed by atoms with Gasteiger partial charge in [0.05, 0.1) is 18.2 Å². The fraction of sp³-hybridized carbons (Fsp3) is 0.385. The van der Waals surface area contributed by atoms with Crippen molar-refractivity contribution >= 4 is 23.2 Å². The molecule has 0 radical (unpaired) electrons. The number of ether oxygens (including phenoxy) is 1. The first kappa shape index (κ1) is 14.3. The number of benzene rings is 1. The van der Waals surface area contributed by atoms with Crippen LogP contribution in [-0.4, -0.2) is 20.1 Å². The van der Waals surface area contributed by atoms with E-state index in [9.17, 15) is 4.79 Å². The van der Waals surface area contributed by atoms with E-state index in [4.69, 9.17) is 21.6 Å². The fourth-order valence-corrected chi connectivity index (χ4v) is 1.70. The van der Waals surface area contributed by atoms with E-state index in [1.807, 2.05) is 6.07 Å². The molecular weight excluding hydrogens is 252 g/mol. The molecule has 5 heteroatoms. The number of carbonyl (C=O) groups excluding carboxylic acids is 1. The van der Waals surface area contributed by atoms with Crippen LogP contribution in [0.1, 0.15) is 13.8 Å². The SMILES string of the molecule is COc1ccc(N(C)C(=O)C(C)(C)C#N)cc1Cl. The van der Waals surface area contributed by atoms with Crippen molar-refractivity contribution in [3.63, 3.8) is 0 Å². The number of anilines is 1. The van der Waals surface area contributed by atoms with E-state index < -0.39 is 5.41 Å². The van der Waals surface area contributed by atoms with Crippen molar-refractivity contribution in [2.24, 2.45) is 5.41 Å². The van der Waals surface area contributed by atoms with E-state index in [-0.39, 0.29) is 5.91 Å². The Bertz CT molecular complexity index is 506. The normalized spacial score (nSPS) is 10.7. The molecule has 0 unspecified atom stereocenters. The van der Waals surface area contributed by atoms with Gasteiger partial charge < -0.3 is 9.64 Å². The summed E-state index contributed by atoms with van der Waals surface area (Å²) in [7, 11) is 3.13. The summed E-state index contributed by atoms with van der Waals surface area (Å²) in [5, 5.41) is 9.37. The van der Waals surface area contributed by atoms with Crippen LogP contribution in [0, 0.1) is 16.7 Å². The summed E-state index contributed by atoms with van der Waals surface area (Å²) < 4.78 is 5.04. The van der Waals surface area contributed by atoms with Gasteiger partial charge in [-0.1, -0.05) is 11.6 Å². The molecule has 0 aliphatic rings. The van der Waals surface area contributed by atoms with Crippen molar-refractivity contribution in [3.05, 3.63) is 23.2 Å². The maximum Gasteiger partial charge on any atom is 0.246 e. The molecule has 0 aromatic heterocycles. The minimum Gasteiger partial charge on any atom is -0.495 e. The Labute approximate surface area is 112 Å². The number of hydrogen-bond acceptors (Lipinski definition) is 3. The molecule has 0 saturated heterocycles. The predicted molar refractivity (Wildman–Crippen MR) is 70.8 cm³/mol. The first-order valence-electron chi connectivity index (χ1n) is 5.36. The van der Waals surface area contributed by atoms with Gasteiger partial charge in [0, 0.05) is 12.7 Å². The molecule has 4 nitrogen and oxygen atoms in total. The summed E-state index contributed by atoms with van der Waals surface area (Å²) in [5.41, 5.74) is -0.449. The van der Waals surface area contributed by atoms with Crippen molar-refractivity contribution in [1.82, 2.24) is 0 Å². The van der Waals surface area contributed by atoms with Crippen LogP contribution in [0.4, 0.5) is 5.69 Å². The number of rotatable bonds is 3. The molecular formula is C13H15ClN2O2. The van der Waals surface area contributed by atoms with Gasteiger partial charge >= 0.3 is 0 Å². The van der Waals surface area contributed by atoms with Gasteiger partial charge in [0.25, 0.3) is 0 Å². The molecule has 0 N–H and O–H groups in total.